The fourth-order valence-corrected chi connectivity index (χ4v) is 2.88. The van der Waals surface area contributed by atoms with Crippen molar-refractivity contribution in [1.82, 2.24) is 9.97 Å². The largest absolute Gasteiger partial charge is 0.383 e. The molecule has 18 heavy (non-hydrogen) atoms. The predicted molar refractivity (Wildman–Crippen MR) is 75.3 cm³/mol. The summed E-state index contributed by atoms with van der Waals surface area (Å²) in [6.45, 7) is 3.27. The molecule has 0 unspecified atom stereocenters. The van der Waals surface area contributed by atoms with E-state index in [4.69, 9.17) is 10.5 Å². The number of nitrogens with two attached hydrogens (primary N) is 1. The molecule has 1 aliphatic rings. The van der Waals surface area contributed by atoms with Gasteiger partial charge in [0.25, 0.3) is 0 Å². The average molecular weight is 314 g/mol. The molecule has 1 saturated carbocycles. The number of hydrogen-bond acceptors (Lipinski definition) is 4. The summed E-state index contributed by atoms with van der Waals surface area (Å²) in [5.74, 6) is 1.75. The molecule has 0 radical (unpaired) electrons. The lowest BCUT2D eigenvalue weighted by molar-refractivity contribution is 0.116. The maximum Gasteiger partial charge on any atom is 0.156 e. The molecule has 0 atom stereocenters. The molecule has 0 aromatic carbocycles. The Balaban J connectivity index is 2.16. The number of ether oxygens (including phenoxy) is 1. The average Bonchev–Trinajstić information content (AvgIpc) is 2.87. The Bertz CT molecular complexity index is 405. The Morgan fingerprint density at radius 1 is 1.33 bits per heavy atom. The minimum atomic E-state index is 0.449. The summed E-state index contributed by atoms with van der Waals surface area (Å²) in [4.78, 5) is 8.90. The van der Waals surface area contributed by atoms with Crippen molar-refractivity contribution < 1.29 is 4.74 Å². The first-order valence-electron chi connectivity index (χ1n) is 6.62. The molecule has 0 saturated heterocycles. The van der Waals surface area contributed by atoms with E-state index in [9.17, 15) is 0 Å². The molecule has 2 rings (SSSR count). The Morgan fingerprint density at radius 2 is 2.06 bits per heavy atom. The standard InChI is InChI=1S/C13H20BrN3O/c1-2-7-18-8-10-16-12(9-5-3-4-6-9)11(14)13(15)17-10/h9H,2-8H2,1H3,(H2,15,16,17). The molecular formula is C13H20BrN3O. The first kappa shape index (κ1) is 13.7. The Hall–Kier alpha value is -0.680. The maximum absolute atomic E-state index is 5.94. The van der Waals surface area contributed by atoms with Crippen LogP contribution in [0.3, 0.4) is 0 Å². The predicted octanol–water partition coefficient (Wildman–Crippen LogP) is 3.41. The first-order valence-corrected chi connectivity index (χ1v) is 7.41. The number of halogens is 1. The molecule has 1 fully saturated rings. The van der Waals surface area contributed by atoms with Gasteiger partial charge in [0.05, 0.1) is 10.2 Å². The van der Waals surface area contributed by atoms with Gasteiger partial charge in [-0.2, -0.15) is 0 Å². The van der Waals surface area contributed by atoms with Gasteiger partial charge in [-0.1, -0.05) is 19.8 Å². The summed E-state index contributed by atoms with van der Waals surface area (Å²) < 4.78 is 6.35. The number of aromatic nitrogens is 2. The van der Waals surface area contributed by atoms with E-state index >= 15 is 0 Å². The molecule has 1 aromatic heterocycles. The van der Waals surface area contributed by atoms with Gasteiger partial charge in [-0.15, -0.1) is 0 Å². The zero-order valence-electron chi connectivity index (χ0n) is 10.8. The molecule has 1 aliphatic carbocycles. The van der Waals surface area contributed by atoms with Crippen LogP contribution in [0.15, 0.2) is 4.47 Å². The van der Waals surface area contributed by atoms with Gasteiger partial charge >= 0.3 is 0 Å². The number of hydrogen-bond donors (Lipinski definition) is 1. The molecule has 0 aliphatic heterocycles. The van der Waals surface area contributed by atoms with Crippen molar-refractivity contribution in [3.05, 3.63) is 16.0 Å². The summed E-state index contributed by atoms with van der Waals surface area (Å²) in [6, 6.07) is 0. The smallest absolute Gasteiger partial charge is 0.156 e. The van der Waals surface area contributed by atoms with Crippen LogP contribution in [-0.4, -0.2) is 16.6 Å². The summed E-state index contributed by atoms with van der Waals surface area (Å²) in [5.41, 5.74) is 7.00. The first-order chi connectivity index (χ1) is 8.72. The third-order valence-electron chi connectivity index (χ3n) is 3.27. The second-order valence-corrected chi connectivity index (χ2v) is 5.55. The van der Waals surface area contributed by atoms with Crippen LogP contribution in [0, 0.1) is 0 Å². The van der Waals surface area contributed by atoms with Crippen LogP contribution < -0.4 is 5.73 Å². The summed E-state index contributed by atoms with van der Waals surface area (Å²) in [6.07, 6.45) is 5.96. The van der Waals surface area contributed by atoms with Gasteiger partial charge in [0.15, 0.2) is 5.82 Å². The lowest BCUT2D eigenvalue weighted by Gasteiger charge is -2.13. The van der Waals surface area contributed by atoms with E-state index in [1.165, 1.54) is 25.7 Å². The third-order valence-corrected chi connectivity index (χ3v) is 4.08. The molecule has 5 heteroatoms. The highest BCUT2D eigenvalue weighted by atomic mass is 79.9. The van der Waals surface area contributed by atoms with E-state index in [2.05, 4.69) is 32.8 Å². The highest BCUT2D eigenvalue weighted by Crippen LogP contribution is 2.38. The summed E-state index contributed by atoms with van der Waals surface area (Å²) >= 11 is 3.52. The van der Waals surface area contributed by atoms with Gasteiger partial charge in [-0.25, -0.2) is 9.97 Å². The van der Waals surface area contributed by atoms with Gasteiger partial charge in [0.2, 0.25) is 0 Å². The molecule has 4 nitrogen and oxygen atoms in total. The minimum Gasteiger partial charge on any atom is -0.383 e. The van der Waals surface area contributed by atoms with Crippen LogP contribution >= 0.6 is 15.9 Å². The van der Waals surface area contributed by atoms with E-state index in [0.29, 0.717) is 24.2 Å². The van der Waals surface area contributed by atoms with Crippen molar-refractivity contribution >= 4 is 21.7 Å². The van der Waals surface area contributed by atoms with Crippen molar-refractivity contribution in [2.24, 2.45) is 0 Å². The Kier molecular flexibility index (Phi) is 4.95. The van der Waals surface area contributed by atoms with Gasteiger partial charge in [-0.3, -0.25) is 0 Å². The van der Waals surface area contributed by atoms with E-state index in [1.807, 2.05) is 0 Å². The monoisotopic (exact) mass is 313 g/mol. The molecular weight excluding hydrogens is 294 g/mol. The van der Waals surface area contributed by atoms with Crippen LogP contribution in [0.1, 0.15) is 56.5 Å². The summed E-state index contributed by atoms with van der Waals surface area (Å²) in [7, 11) is 0. The van der Waals surface area contributed by atoms with Crippen LogP contribution in [0.25, 0.3) is 0 Å². The van der Waals surface area contributed by atoms with Crippen LogP contribution in [0.2, 0.25) is 0 Å². The highest BCUT2D eigenvalue weighted by molar-refractivity contribution is 9.10. The van der Waals surface area contributed by atoms with E-state index in [0.717, 1.165) is 23.2 Å². The lowest BCUT2D eigenvalue weighted by atomic mass is 10.0. The normalized spacial score (nSPS) is 16.3. The van der Waals surface area contributed by atoms with Crippen LogP contribution in [0.5, 0.6) is 0 Å². The van der Waals surface area contributed by atoms with Crippen LogP contribution in [-0.2, 0) is 11.3 Å². The molecule has 1 heterocycles. The molecule has 100 valence electrons. The third kappa shape index (κ3) is 3.20. The maximum atomic E-state index is 5.94. The fourth-order valence-electron chi connectivity index (χ4n) is 2.37. The van der Waals surface area contributed by atoms with Crippen LogP contribution in [0.4, 0.5) is 5.82 Å². The molecule has 1 aromatic rings. The zero-order chi connectivity index (χ0) is 13.0. The van der Waals surface area contributed by atoms with Crippen molar-refractivity contribution in [1.29, 1.82) is 0 Å². The number of nitrogen functional groups attached to an aromatic ring is 1. The Labute approximate surface area is 116 Å². The topological polar surface area (TPSA) is 61.0 Å². The second kappa shape index (κ2) is 6.48. The molecule has 2 N–H and O–H groups in total. The fraction of sp³-hybridized carbons (Fsp3) is 0.692. The molecule has 0 spiro atoms. The van der Waals surface area contributed by atoms with Crippen molar-refractivity contribution in [3.8, 4) is 0 Å². The quantitative estimate of drug-likeness (QED) is 0.846. The number of nitrogens with zero attached hydrogens (tertiary/aromatic N) is 2. The van der Waals surface area contributed by atoms with Crippen molar-refractivity contribution in [3.63, 3.8) is 0 Å². The van der Waals surface area contributed by atoms with Gasteiger partial charge in [-0.05, 0) is 35.2 Å². The number of rotatable bonds is 5. The van der Waals surface area contributed by atoms with E-state index < -0.39 is 0 Å². The Morgan fingerprint density at radius 3 is 2.72 bits per heavy atom. The van der Waals surface area contributed by atoms with Gasteiger partial charge in [0, 0.05) is 12.5 Å². The summed E-state index contributed by atoms with van der Waals surface area (Å²) in [5, 5.41) is 0. The molecule has 0 amide bonds. The van der Waals surface area contributed by atoms with Crippen molar-refractivity contribution in [2.75, 3.05) is 12.3 Å². The second-order valence-electron chi connectivity index (χ2n) is 4.76. The lowest BCUT2D eigenvalue weighted by Crippen LogP contribution is -2.09. The zero-order valence-corrected chi connectivity index (χ0v) is 12.4. The van der Waals surface area contributed by atoms with Gasteiger partial charge in [0.1, 0.15) is 12.4 Å². The van der Waals surface area contributed by atoms with E-state index in [-0.39, 0.29) is 0 Å². The molecule has 0 bridgehead atoms. The number of anilines is 1. The van der Waals surface area contributed by atoms with E-state index in [1.54, 1.807) is 0 Å². The SMILES string of the molecule is CCCOCc1nc(N)c(Br)c(C2CCCC2)n1. The highest BCUT2D eigenvalue weighted by Gasteiger charge is 2.23. The van der Waals surface area contributed by atoms with Crippen molar-refractivity contribution in [2.45, 2.75) is 51.6 Å². The van der Waals surface area contributed by atoms with Gasteiger partial charge < -0.3 is 10.5 Å². The minimum absolute atomic E-state index is 0.449.